The van der Waals surface area contributed by atoms with Crippen molar-refractivity contribution in [2.75, 3.05) is 0 Å². The first kappa shape index (κ1) is 15.6. The van der Waals surface area contributed by atoms with Gasteiger partial charge in [-0.15, -0.1) is 0 Å². The van der Waals surface area contributed by atoms with Gasteiger partial charge in [0.25, 0.3) is 5.91 Å². The van der Waals surface area contributed by atoms with Crippen molar-refractivity contribution in [3.63, 3.8) is 0 Å². The van der Waals surface area contributed by atoms with Crippen LogP contribution in [0.1, 0.15) is 12.5 Å². The summed E-state index contributed by atoms with van der Waals surface area (Å²) in [5.74, 6) is -1.04. The minimum atomic E-state index is -3.96. The zero-order valence-corrected chi connectivity index (χ0v) is 11.3. The maximum atomic E-state index is 12.0. The van der Waals surface area contributed by atoms with Crippen molar-refractivity contribution < 1.29 is 23.5 Å². The van der Waals surface area contributed by atoms with Crippen LogP contribution in [0.4, 0.5) is 0 Å². The summed E-state index contributed by atoms with van der Waals surface area (Å²) in [6, 6.07) is 4.51. The molecular formula is C11H16N2O5S. The van der Waals surface area contributed by atoms with E-state index < -0.39 is 28.1 Å². The van der Waals surface area contributed by atoms with Gasteiger partial charge in [0.1, 0.15) is 6.04 Å². The second kappa shape index (κ2) is 6.11. The Morgan fingerprint density at radius 2 is 1.79 bits per heavy atom. The van der Waals surface area contributed by atoms with Gasteiger partial charge in [-0.2, -0.15) is 4.72 Å². The summed E-state index contributed by atoms with van der Waals surface area (Å²) in [5.41, 5.74) is 2.19. The highest BCUT2D eigenvalue weighted by Gasteiger charge is 2.29. The van der Waals surface area contributed by atoms with E-state index in [9.17, 15) is 18.3 Å². The zero-order chi connectivity index (χ0) is 14.6. The van der Waals surface area contributed by atoms with E-state index >= 15 is 0 Å². The monoisotopic (exact) mass is 288 g/mol. The van der Waals surface area contributed by atoms with Crippen LogP contribution in [0.25, 0.3) is 0 Å². The summed E-state index contributed by atoms with van der Waals surface area (Å²) >= 11 is 0. The van der Waals surface area contributed by atoms with E-state index in [0.717, 1.165) is 5.56 Å². The quantitative estimate of drug-likeness (QED) is 0.432. The standard InChI is InChI=1S/C11H16N2O5S/c1-7-3-5-9(6-4-7)19(17,18)13-10(8(2)14)11(15)12-16/h3-6,8,10,13-14,16H,1-2H3,(H,12,15)/t8-,10+/m1/s1. The third kappa shape index (κ3) is 4.00. The highest BCUT2D eigenvalue weighted by molar-refractivity contribution is 7.89. The van der Waals surface area contributed by atoms with Gasteiger partial charge in [-0.1, -0.05) is 17.7 Å². The highest BCUT2D eigenvalue weighted by atomic mass is 32.2. The van der Waals surface area contributed by atoms with Crippen molar-refractivity contribution >= 4 is 15.9 Å². The molecule has 0 unspecified atom stereocenters. The first-order valence-corrected chi connectivity index (χ1v) is 6.97. The zero-order valence-electron chi connectivity index (χ0n) is 10.5. The van der Waals surface area contributed by atoms with E-state index in [1.54, 1.807) is 12.1 Å². The summed E-state index contributed by atoms with van der Waals surface area (Å²) in [6.07, 6.45) is -1.30. The topological polar surface area (TPSA) is 116 Å². The van der Waals surface area contributed by atoms with Crippen LogP contribution in [0, 0.1) is 6.92 Å². The number of nitrogens with one attached hydrogen (secondary N) is 2. The number of aryl methyl sites for hydroxylation is 1. The van der Waals surface area contributed by atoms with Gasteiger partial charge in [0, 0.05) is 0 Å². The SMILES string of the molecule is Cc1ccc(S(=O)(=O)N[C@H](C(=O)NO)[C@@H](C)O)cc1. The number of aliphatic hydroxyl groups is 1. The molecule has 4 N–H and O–H groups in total. The van der Waals surface area contributed by atoms with Crippen molar-refractivity contribution in [2.45, 2.75) is 30.9 Å². The average Bonchev–Trinajstić information content (AvgIpc) is 2.35. The lowest BCUT2D eigenvalue weighted by atomic mass is 10.2. The second-order valence-corrected chi connectivity index (χ2v) is 5.84. The van der Waals surface area contributed by atoms with Crippen LogP contribution in [0.15, 0.2) is 29.2 Å². The number of carbonyl (C=O) groups excluding carboxylic acids is 1. The van der Waals surface area contributed by atoms with Crippen molar-refractivity contribution in [1.29, 1.82) is 0 Å². The molecule has 0 radical (unpaired) electrons. The molecule has 0 saturated carbocycles. The number of aliphatic hydroxyl groups excluding tert-OH is 1. The fourth-order valence-corrected chi connectivity index (χ4v) is 2.66. The first-order chi connectivity index (χ1) is 8.77. The first-order valence-electron chi connectivity index (χ1n) is 5.49. The number of rotatable bonds is 5. The highest BCUT2D eigenvalue weighted by Crippen LogP contribution is 2.11. The third-order valence-electron chi connectivity index (χ3n) is 2.49. The molecule has 0 heterocycles. The number of hydroxylamine groups is 1. The molecule has 0 fully saturated rings. The third-order valence-corrected chi connectivity index (χ3v) is 3.95. The predicted molar refractivity (Wildman–Crippen MR) is 66.9 cm³/mol. The molecule has 0 aliphatic heterocycles. The molecule has 0 aliphatic carbocycles. The fraction of sp³-hybridized carbons (Fsp3) is 0.364. The second-order valence-electron chi connectivity index (χ2n) is 4.13. The molecule has 106 valence electrons. The molecule has 1 aromatic rings. The van der Waals surface area contributed by atoms with Gasteiger partial charge in [0.05, 0.1) is 11.0 Å². The Hall–Kier alpha value is -1.48. The largest absolute Gasteiger partial charge is 0.391 e. The van der Waals surface area contributed by atoms with Crippen LogP contribution < -0.4 is 10.2 Å². The smallest absolute Gasteiger partial charge is 0.264 e. The molecule has 8 heteroatoms. The van der Waals surface area contributed by atoms with Gasteiger partial charge in [0.2, 0.25) is 10.0 Å². The number of benzene rings is 1. The molecule has 0 aliphatic rings. The van der Waals surface area contributed by atoms with Crippen molar-refractivity contribution in [3.8, 4) is 0 Å². The lowest BCUT2D eigenvalue weighted by molar-refractivity contribution is -0.133. The summed E-state index contributed by atoms with van der Waals surface area (Å²) in [4.78, 5) is 11.2. The summed E-state index contributed by atoms with van der Waals surface area (Å²) in [7, 11) is -3.96. The van der Waals surface area contributed by atoms with E-state index in [0.29, 0.717) is 0 Å². The number of hydrogen-bond acceptors (Lipinski definition) is 5. The summed E-state index contributed by atoms with van der Waals surface area (Å²) in [5, 5.41) is 17.9. The molecule has 7 nitrogen and oxygen atoms in total. The van der Waals surface area contributed by atoms with Gasteiger partial charge in [-0.05, 0) is 26.0 Å². The van der Waals surface area contributed by atoms with Gasteiger partial charge in [0.15, 0.2) is 0 Å². The fourth-order valence-electron chi connectivity index (χ4n) is 1.39. The number of hydrogen-bond donors (Lipinski definition) is 4. The minimum absolute atomic E-state index is 0.0329. The Labute approximate surface area is 111 Å². The molecule has 19 heavy (non-hydrogen) atoms. The average molecular weight is 288 g/mol. The summed E-state index contributed by atoms with van der Waals surface area (Å²) in [6.45, 7) is 3.04. The number of carbonyl (C=O) groups is 1. The van der Waals surface area contributed by atoms with Crippen molar-refractivity contribution in [2.24, 2.45) is 0 Å². The molecule has 1 aromatic carbocycles. The van der Waals surface area contributed by atoms with Crippen molar-refractivity contribution in [1.82, 2.24) is 10.2 Å². The van der Waals surface area contributed by atoms with E-state index in [1.807, 2.05) is 11.6 Å². The lowest BCUT2D eigenvalue weighted by Crippen LogP contribution is -2.51. The Balaban J connectivity index is 3.00. The van der Waals surface area contributed by atoms with Gasteiger partial charge in [-0.25, -0.2) is 13.9 Å². The Morgan fingerprint density at radius 1 is 1.26 bits per heavy atom. The lowest BCUT2D eigenvalue weighted by Gasteiger charge is -2.19. The van der Waals surface area contributed by atoms with Crippen molar-refractivity contribution in [3.05, 3.63) is 29.8 Å². The van der Waals surface area contributed by atoms with Gasteiger partial charge < -0.3 is 5.11 Å². The summed E-state index contributed by atoms with van der Waals surface area (Å²) < 4.78 is 26.0. The molecule has 1 rings (SSSR count). The van der Waals surface area contributed by atoms with E-state index in [1.165, 1.54) is 24.5 Å². The normalized spacial score (nSPS) is 14.7. The Kier molecular flexibility index (Phi) is 5.01. The van der Waals surface area contributed by atoms with Crippen LogP contribution in [-0.4, -0.2) is 36.8 Å². The predicted octanol–water partition coefficient (Wildman–Crippen LogP) is -0.472. The molecule has 0 spiro atoms. The van der Waals surface area contributed by atoms with Crippen LogP contribution in [-0.2, 0) is 14.8 Å². The maximum Gasteiger partial charge on any atom is 0.264 e. The molecule has 0 saturated heterocycles. The van der Waals surface area contributed by atoms with Crippen LogP contribution in [0.5, 0.6) is 0 Å². The van der Waals surface area contributed by atoms with Crippen LogP contribution in [0.3, 0.4) is 0 Å². The van der Waals surface area contributed by atoms with E-state index in [-0.39, 0.29) is 4.90 Å². The van der Waals surface area contributed by atoms with E-state index in [4.69, 9.17) is 5.21 Å². The maximum absolute atomic E-state index is 12.0. The minimum Gasteiger partial charge on any atom is -0.391 e. The molecular weight excluding hydrogens is 272 g/mol. The molecule has 2 atom stereocenters. The molecule has 0 aromatic heterocycles. The molecule has 1 amide bonds. The number of amides is 1. The molecule has 0 bridgehead atoms. The van der Waals surface area contributed by atoms with Crippen LogP contribution in [0.2, 0.25) is 0 Å². The van der Waals surface area contributed by atoms with Gasteiger partial charge in [-0.3, -0.25) is 10.0 Å². The Bertz CT molecular complexity index is 539. The van der Waals surface area contributed by atoms with Gasteiger partial charge >= 0.3 is 0 Å². The van der Waals surface area contributed by atoms with E-state index in [2.05, 4.69) is 0 Å². The van der Waals surface area contributed by atoms with Crippen LogP contribution >= 0.6 is 0 Å². The Morgan fingerprint density at radius 3 is 2.21 bits per heavy atom. The number of sulfonamides is 1.